The second kappa shape index (κ2) is 13.6. The summed E-state index contributed by atoms with van der Waals surface area (Å²) in [7, 11) is 3.25. The Balaban J connectivity index is 0.00000512. The maximum Gasteiger partial charge on any atom is 0.410 e. The van der Waals surface area contributed by atoms with Crippen LogP contribution in [0, 0.1) is 5.92 Å². The molecule has 1 unspecified atom stereocenters. The van der Waals surface area contributed by atoms with Crippen LogP contribution in [0.1, 0.15) is 46.1 Å². The quantitative estimate of drug-likeness (QED) is 0.297. The third-order valence-electron chi connectivity index (χ3n) is 4.94. The summed E-state index contributed by atoms with van der Waals surface area (Å²) in [6, 6.07) is 5.80. The van der Waals surface area contributed by atoms with Crippen LogP contribution >= 0.6 is 24.0 Å². The molecule has 9 heteroatoms. The van der Waals surface area contributed by atoms with Crippen molar-refractivity contribution in [3.05, 3.63) is 23.8 Å². The number of amides is 1. The number of piperidine rings is 1. The van der Waals surface area contributed by atoms with Gasteiger partial charge in [-0.25, -0.2) is 9.79 Å². The molecule has 1 aliphatic heterocycles. The Kier molecular flexibility index (Phi) is 11.9. The molecule has 1 amide bonds. The first-order chi connectivity index (χ1) is 14.8. The lowest BCUT2D eigenvalue weighted by atomic mass is 9.98. The number of ether oxygens (including phenoxy) is 3. The Morgan fingerprint density at radius 3 is 2.53 bits per heavy atom. The van der Waals surface area contributed by atoms with Gasteiger partial charge >= 0.3 is 6.09 Å². The Morgan fingerprint density at radius 2 is 1.91 bits per heavy atom. The summed E-state index contributed by atoms with van der Waals surface area (Å²) in [6.07, 6.45) is 1.82. The molecule has 2 rings (SSSR count). The number of rotatable bonds is 7. The van der Waals surface area contributed by atoms with Crippen molar-refractivity contribution in [2.24, 2.45) is 10.9 Å². The first-order valence-corrected chi connectivity index (χ1v) is 11.0. The van der Waals surface area contributed by atoms with E-state index in [4.69, 9.17) is 19.2 Å². The molecule has 1 aromatic rings. The van der Waals surface area contributed by atoms with Gasteiger partial charge in [-0.15, -0.1) is 24.0 Å². The van der Waals surface area contributed by atoms with Crippen LogP contribution in [0.2, 0.25) is 0 Å². The molecule has 2 N–H and O–H groups in total. The Morgan fingerprint density at radius 1 is 1.19 bits per heavy atom. The fraction of sp³-hybridized carbons (Fsp3) is 0.652. The SMILES string of the molecule is CCNC(=NCc1ccc(OC)c(OC)c1)NCC1CCCN(C(=O)OC(C)(C)C)C1.I. The molecule has 1 saturated heterocycles. The number of aliphatic imine (C=N–C) groups is 1. The van der Waals surface area contributed by atoms with Gasteiger partial charge in [0.1, 0.15) is 5.60 Å². The molecule has 1 aromatic carbocycles. The van der Waals surface area contributed by atoms with E-state index in [2.05, 4.69) is 10.6 Å². The monoisotopic (exact) mass is 562 g/mol. The number of likely N-dealkylation sites (tertiary alicyclic amines) is 1. The molecule has 0 spiro atoms. The van der Waals surface area contributed by atoms with Crippen LogP contribution in [-0.2, 0) is 11.3 Å². The van der Waals surface area contributed by atoms with Crippen LogP contribution in [0.4, 0.5) is 4.79 Å². The zero-order valence-electron chi connectivity index (χ0n) is 20.2. The smallest absolute Gasteiger partial charge is 0.410 e. The number of nitrogens with one attached hydrogen (secondary N) is 2. The standard InChI is InChI=1S/C23H38N4O4.HI/c1-7-24-21(25-14-17-10-11-19(29-5)20(13-17)30-6)26-15-18-9-8-12-27(16-18)22(28)31-23(2,3)4;/h10-11,13,18H,7-9,12,14-16H2,1-6H3,(H2,24,25,26);1H. The van der Waals surface area contributed by atoms with Gasteiger partial charge in [-0.05, 0) is 64.2 Å². The average Bonchev–Trinajstić information content (AvgIpc) is 2.74. The topological polar surface area (TPSA) is 84.4 Å². The van der Waals surface area contributed by atoms with Crippen molar-refractivity contribution in [1.82, 2.24) is 15.5 Å². The van der Waals surface area contributed by atoms with Crippen LogP contribution < -0.4 is 20.1 Å². The van der Waals surface area contributed by atoms with Gasteiger partial charge in [0.2, 0.25) is 0 Å². The maximum atomic E-state index is 12.4. The second-order valence-electron chi connectivity index (χ2n) is 8.70. The number of carbonyl (C=O) groups excluding carboxylic acids is 1. The summed E-state index contributed by atoms with van der Waals surface area (Å²) in [4.78, 5) is 18.9. The van der Waals surface area contributed by atoms with E-state index in [9.17, 15) is 4.79 Å². The number of carbonyl (C=O) groups is 1. The van der Waals surface area contributed by atoms with Crippen molar-refractivity contribution < 1.29 is 19.0 Å². The fourth-order valence-corrected chi connectivity index (χ4v) is 3.46. The molecule has 32 heavy (non-hydrogen) atoms. The minimum atomic E-state index is -0.475. The van der Waals surface area contributed by atoms with Crippen molar-refractivity contribution in [1.29, 1.82) is 0 Å². The van der Waals surface area contributed by atoms with Crippen LogP contribution in [0.15, 0.2) is 23.2 Å². The first kappa shape index (κ1) is 28.1. The lowest BCUT2D eigenvalue weighted by molar-refractivity contribution is 0.0168. The first-order valence-electron chi connectivity index (χ1n) is 11.0. The zero-order chi connectivity index (χ0) is 22.9. The summed E-state index contributed by atoms with van der Waals surface area (Å²) in [6.45, 7) is 11.2. The van der Waals surface area contributed by atoms with Gasteiger partial charge in [-0.2, -0.15) is 0 Å². The molecule has 0 radical (unpaired) electrons. The number of methoxy groups -OCH3 is 2. The molecule has 1 heterocycles. The number of hydrogen-bond donors (Lipinski definition) is 2. The zero-order valence-corrected chi connectivity index (χ0v) is 22.5. The van der Waals surface area contributed by atoms with E-state index in [0.717, 1.165) is 44.0 Å². The summed E-state index contributed by atoms with van der Waals surface area (Å²) < 4.78 is 16.2. The maximum absolute atomic E-state index is 12.4. The third-order valence-corrected chi connectivity index (χ3v) is 4.94. The van der Waals surface area contributed by atoms with Gasteiger partial charge in [0, 0.05) is 26.2 Å². The van der Waals surface area contributed by atoms with Gasteiger partial charge < -0.3 is 29.7 Å². The van der Waals surface area contributed by atoms with Crippen LogP contribution in [-0.4, -0.2) is 63.0 Å². The molecule has 0 aromatic heterocycles. The van der Waals surface area contributed by atoms with Crippen molar-refractivity contribution in [3.8, 4) is 11.5 Å². The molecule has 0 saturated carbocycles. The van der Waals surface area contributed by atoms with E-state index in [1.807, 2.05) is 50.8 Å². The van der Waals surface area contributed by atoms with Crippen LogP contribution in [0.3, 0.4) is 0 Å². The summed E-state index contributed by atoms with van der Waals surface area (Å²) in [5.41, 5.74) is 0.556. The average molecular weight is 562 g/mol. The van der Waals surface area contributed by atoms with Crippen molar-refractivity contribution >= 4 is 36.0 Å². The molecule has 0 bridgehead atoms. The highest BCUT2D eigenvalue weighted by Gasteiger charge is 2.27. The molecule has 1 aliphatic rings. The van der Waals surface area contributed by atoms with Gasteiger partial charge in [0.05, 0.1) is 20.8 Å². The minimum absolute atomic E-state index is 0. The molecule has 8 nitrogen and oxygen atoms in total. The Labute approximate surface area is 209 Å². The van der Waals surface area contributed by atoms with Gasteiger partial charge in [0.15, 0.2) is 17.5 Å². The third kappa shape index (κ3) is 9.30. The minimum Gasteiger partial charge on any atom is -0.493 e. The number of halogens is 1. The van der Waals surface area contributed by atoms with Crippen molar-refractivity contribution in [2.75, 3.05) is 40.4 Å². The lowest BCUT2D eigenvalue weighted by Gasteiger charge is -2.34. The highest BCUT2D eigenvalue weighted by atomic mass is 127. The molecular formula is C23H39IN4O4. The largest absolute Gasteiger partial charge is 0.493 e. The van der Waals surface area contributed by atoms with Crippen molar-refractivity contribution in [2.45, 2.75) is 52.7 Å². The summed E-state index contributed by atoms with van der Waals surface area (Å²) >= 11 is 0. The normalized spacial score (nSPS) is 16.6. The lowest BCUT2D eigenvalue weighted by Crippen LogP contribution is -2.47. The van der Waals surface area contributed by atoms with Crippen molar-refractivity contribution in [3.63, 3.8) is 0 Å². The predicted molar refractivity (Wildman–Crippen MR) is 138 cm³/mol. The second-order valence-corrected chi connectivity index (χ2v) is 8.70. The summed E-state index contributed by atoms with van der Waals surface area (Å²) in [5, 5.41) is 6.71. The van der Waals surface area contributed by atoms with E-state index < -0.39 is 5.60 Å². The molecule has 182 valence electrons. The van der Waals surface area contributed by atoms with Gasteiger partial charge in [-0.1, -0.05) is 6.07 Å². The number of guanidine groups is 1. The van der Waals surface area contributed by atoms with Crippen LogP contribution in [0.25, 0.3) is 0 Å². The van der Waals surface area contributed by atoms with E-state index >= 15 is 0 Å². The van der Waals surface area contributed by atoms with E-state index in [-0.39, 0.29) is 30.1 Å². The Hall–Kier alpha value is -1.91. The highest BCUT2D eigenvalue weighted by molar-refractivity contribution is 14.0. The predicted octanol–water partition coefficient (Wildman–Crippen LogP) is 4.02. The molecular weight excluding hydrogens is 523 g/mol. The van der Waals surface area contributed by atoms with E-state index in [1.54, 1.807) is 14.2 Å². The number of hydrogen-bond acceptors (Lipinski definition) is 5. The van der Waals surface area contributed by atoms with Gasteiger partial charge in [0.25, 0.3) is 0 Å². The van der Waals surface area contributed by atoms with Gasteiger partial charge in [-0.3, -0.25) is 0 Å². The van der Waals surface area contributed by atoms with E-state index in [0.29, 0.717) is 30.5 Å². The molecule has 1 atom stereocenters. The van der Waals surface area contributed by atoms with Crippen LogP contribution in [0.5, 0.6) is 11.5 Å². The number of nitrogens with zero attached hydrogens (tertiary/aromatic N) is 2. The fourth-order valence-electron chi connectivity index (χ4n) is 3.46. The summed E-state index contributed by atoms with van der Waals surface area (Å²) in [5.74, 6) is 2.50. The highest BCUT2D eigenvalue weighted by Crippen LogP contribution is 2.27. The molecule has 1 fully saturated rings. The Bertz CT molecular complexity index is 752. The van der Waals surface area contributed by atoms with E-state index in [1.165, 1.54) is 0 Å². The molecule has 0 aliphatic carbocycles. The number of benzene rings is 1.